The molecule has 2 heterocycles. The van der Waals surface area contributed by atoms with Crippen molar-refractivity contribution in [3.05, 3.63) is 70.8 Å². The number of nitriles is 1. The number of amides is 2. The van der Waals surface area contributed by atoms with E-state index in [1.54, 1.807) is 23.1 Å². The van der Waals surface area contributed by atoms with Crippen molar-refractivity contribution in [2.24, 2.45) is 10.9 Å². The summed E-state index contributed by atoms with van der Waals surface area (Å²) in [5.74, 6) is -0.214. The third-order valence-electron chi connectivity index (χ3n) is 6.91. The van der Waals surface area contributed by atoms with Crippen LogP contribution in [0.5, 0.6) is 0 Å². The first-order chi connectivity index (χ1) is 16.9. The molecule has 2 amide bonds. The van der Waals surface area contributed by atoms with Crippen molar-refractivity contribution in [1.82, 2.24) is 0 Å². The number of hydrogen-bond acceptors (Lipinski definition) is 4. The van der Waals surface area contributed by atoms with Crippen molar-refractivity contribution in [3.63, 3.8) is 0 Å². The maximum atomic E-state index is 13.5. The molecule has 0 saturated carbocycles. The van der Waals surface area contributed by atoms with Gasteiger partial charge in [-0.1, -0.05) is 31.2 Å². The first-order valence-corrected chi connectivity index (χ1v) is 12.3. The van der Waals surface area contributed by atoms with Crippen molar-refractivity contribution in [1.29, 1.82) is 5.26 Å². The molecule has 0 aliphatic carbocycles. The first-order valence-electron chi connectivity index (χ1n) is 12.3. The van der Waals surface area contributed by atoms with Crippen LogP contribution in [-0.4, -0.2) is 37.7 Å². The number of nitrogens with zero attached hydrogens (tertiary/aromatic N) is 4. The number of rotatable bonds is 7. The highest BCUT2D eigenvalue weighted by atomic mass is 16.2. The van der Waals surface area contributed by atoms with Crippen LogP contribution in [0, 0.1) is 17.2 Å². The highest BCUT2D eigenvalue weighted by Gasteiger charge is 2.40. The van der Waals surface area contributed by atoms with Crippen molar-refractivity contribution < 1.29 is 9.59 Å². The second-order valence-corrected chi connectivity index (χ2v) is 9.30. The highest BCUT2D eigenvalue weighted by Crippen LogP contribution is 2.39. The molecule has 0 N–H and O–H groups in total. The molecule has 1 saturated heterocycles. The minimum absolute atomic E-state index is 0.00242. The summed E-state index contributed by atoms with van der Waals surface area (Å²) >= 11 is 0. The minimum atomic E-state index is -0.388. The molecule has 2 aromatic rings. The summed E-state index contributed by atoms with van der Waals surface area (Å²) in [6.07, 6.45) is 6.12. The van der Waals surface area contributed by atoms with Crippen LogP contribution >= 0.6 is 0 Å². The van der Waals surface area contributed by atoms with Gasteiger partial charge in [0.25, 0.3) is 0 Å². The average Bonchev–Trinajstić information content (AvgIpc) is 3.43. The van der Waals surface area contributed by atoms with E-state index in [4.69, 9.17) is 0 Å². The molecule has 0 spiro atoms. The quantitative estimate of drug-likeness (QED) is 0.535. The van der Waals surface area contributed by atoms with Crippen LogP contribution in [0.4, 0.5) is 11.4 Å². The third-order valence-corrected chi connectivity index (χ3v) is 6.91. The zero-order chi connectivity index (χ0) is 24.9. The van der Waals surface area contributed by atoms with E-state index >= 15 is 0 Å². The molecule has 0 radical (unpaired) electrons. The monoisotopic (exact) mass is 468 g/mol. The number of carbonyl (C=O) groups is 2. The van der Waals surface area contributed by atoms with Crippen LogP contribution < -0.4 is 9.80 Å². The van der Waals surface area contributed by atoms with Crippen molar-refractivity contribution in [2.75, 3.05) is 29.4 Å². The maximum absolute atomic E-state index is 13.5. The molecule has 6 heteroatoms. The summed E-state index contributed by atoms with van der Waals surface area (Å²) in [6.45, 7) is 7.99. The molecule has 1 unspecified atom stereocenters. The van der Waals surface area contributed by atoms with Gasteiger partial charge in [0.05, 0.1) is 17.6 Å². The van der Waals surface area contributed by atoms with Crippen molar-refractivity contribution in [2.45, 2.75) is 46.0 Å². The van der Waals surface area contributed by atoms with Gasteiger partial charge in [-0.25, -0.2) is 0 Å². The summed E-state index contributed by atoms with van der Waals surface area (Å²) in [5, 5.41) is 9.18. The van der Waals surface area contributed by atoms with Gasteiger partial charge >= 0.3 is 0 Å². The number of allylic oxidation sites excluding steroid dienone is 2. The number of aryl methyl sites for hydroxylation is 1. The Kier molecular flexibility index (Phi) is 7.45. The Labute approximate surface area is 207 Å². The van der Waals surface area contributed by atoms with E-state index in [1.165, 1.54) is 16.7 Å². The molecule has 2 aliphatic rings. The lowest BCUT2D eigenvalue weighted by molar-refractivity contribution is -0.124. The normalized spacial score (nSPS) is 19.9. The van der Waals surface area contributed by atoms with Crippen LogP contribution in [0.2, 0.25) is 0 Å². The van der Waals surface area contributed by atoms with E-state index < -0.39 is 0 Å². The van der Waals surface area contributed by atoms with E-state index in [9.17, 15) is 14.9 Å². The van der Waals surface area contributed by atoms with Crippen molar-refractivity contribution in [3.8, 4) is 6.07 Å². The second kappa shape index (κ2) is 10.7. The molecule has 2 aromatic carbocycles. The van der Waals surface area contributed by atoms with Crippen molar-refractivity contribution >= 4 is 29.4 Å². The molecule has 0 aromatic heterocycles. The summed E-state index contributed by atoms with van der Waals surface area (Å²) in [5.41, 5.74) is 5.82. The zero-order valence-electron chi connectivity index (χ0n) is 20.7. The molecule has 6 nitrogen and oxygen atoms in total. The molecule has 4 rings (SSSR count). The summed E-state index contributed by atoms with van der Waals surface area (Å²) < 4.78 is 0. The number of fused-ring (bicyclic) bond motifs is 1. The summed E-state index contributed by atoms with van der Waals surface area (Å²) in [6, 6.07) is 15.5. The van der Waals surface area contributed by atoms with Crippen LogP contribution in [0.15, 0.2) is 59.1 Å². The topological polar surface area (TPSA) is 76.8 Å². The fourth-order valence-corrected chi connectivity index (χ4v) is 4.95. The summed E-state index contributed by atoms with van der Waals surface area (Å²) in [7, 11) is 0. The largest absolute Gasteiger partial charge is 0.312 e. The molecule has 180 valence electrons. The van der Waals surface area contributed by atoms with Gasteiger partial charge < -0.3 is 9.80 Å². The predicted molar refractivity (Wildman–Crippen MR) is 140 cm³/mol. The van der Waals surface area contributed by atoms with Gasteiger partial charge in [0.2, 0.25) is 11.8 Å². The van der Waals surface area contributed by atoms with Crippen LogP contribution in [0.1, 0.15) is 56.2 Å². The maximum Gasteiger partial charge on any atom is 0.232 e. The zero-order valence-corrected chi connectivity index (χ0v) is 20.7. The standard InChI is InChI=1S/C29H32N4O2/c1-4-21(17-31-5-2)9-10-22-11-12-27-26(14-22)20(3)18-33(27)29(35)24-15-28(34)32(19-24)25-8-6-7-23(13-25)16-30/h4,6-8,11-14,17,20,24H,5,9-10,15,18-19H2,1-3H3/b21-4-,31-17?/t20?,24-/m0/s1. The van der Waals surface area contributed by atoms with Crippen LogP contribution in [0.3, 0.4) is 0 Å². The molecule has 2 atom stereocenters. The number of hydrogen-bond donors (Lipinski definition) is 0. The number of anilines is 2. The smallest absolute Gasteiger partial charge is 0.232 e. The van der Waals surface area contributed by atoms with Gasteiger partial charge in [0.1, 0.15) is 0 Å². The molecular formula is C29H32N4O2. The Bertz CT molecular complexity index is 1220. The number of carbonyl (C=O) groups excluding carboxylic acids is 2. The Morgan fingerprint density at radius 3 is 2.80 bits per heavy atom. The SMILES string of the molecule is C/C=C(\C=NCC)CCc1ccc2c(c1)C(C)CN2C(=O)[C@H]1CC(=O)N(c2cccc(C#N)c2)C1. The minimum Gasteiger partial charge on any atom is -0.312 e. The van der Waals surface area contributed by atoms with Gasteiger partial charge in [-0.2, -0.15) is 5.26 Å². The van der Waals surface area contributed by atoms with Gasteiger partial charge in [-0.15, -0.1) is 0 Å². The number of benzene rings is 2. The Morgan fingerprint density at radius 2 is 2.06 bits per heavy atom. The molecule has 0 bridgehead atoms. The van der Waals surface area contributed by atoms with E-state index in [-0.39, 0.29) is 30.1 Å². The van der Waals surface area contributed by atoms with Gasteiger partial charge in [0.15, 0.2) is 0 Å². The fourth-order valence-electron chi connectivity index (χ4n) is 4.95. The predicted octanol–water partition coefficient (Wildman–Crippen LogP) is 5.03. The second-order valence-electron chi connectivity index (χ2n) is 9.30. The first kappa shape index (κ1) is 24.4. The Morgan fingerprint density at radius 1 is 1.23 bits per heavy atom. The van der Waals surface area contributed by atoms with Crippen LogP contribution in [-0.2, 0) is 16.0 Å². The third kappa shape index (κ3) is 5.19. The fraction of sp³-hybridized carbons (Fsp3) is 0.379. The highest BCUT2D eigenvalue weighted by molar-refractivity contribution is 6.05. The lowest BCUT2D eigenvalue weighted by Gasteiger charge is -2.22. The Hall–Kier alpha value is -3.72. The molecule has 35 heavy (non-hydrogen) atoms. The van der Waals surface area contributed by atoms with E-state index in [2.05, 4.69) is 42.3 Å². The van der Waals surface area contributed by atoms with E-state index in [0.717, 1.165) is 25.1 Å². The lowest BCUT2D eigenvalue weighted by Crippen LogP contribution is -2.36. The van der Waals surface area contributed by atoms with Gasteiger partial charge in [0, 0.05) is 49.6 Å². The van der Waals surface area contributed by atoms with E-state index in [0.29, 0.717) is 24.3 Å². The molecule has 2 aliphatic heterocycles. The van der Waals surface area contributed by atoms with E-state index in [1.807, 2.05) is 31.0 Å². The van der Waals surface area contributed by atoms with Gasteiger partial charge in [-0.3, -0.25) is 14.6 Å². The molecular weight excluding hydrogens is 436 g/mol. The average molecular weight is 469 g/mol. The summed E-state index contributed by atoms with van der Waals surface area (Å²) in [4.78, 5) is 34.1. The molecule has 1 fully saturated rings. The Balaban J connectivity index is 1.47. The van der Waals surface area contributed by atoms with Crippen LogP contribution in [0.25, 0.3) is 0 Å². The number of aliphatic imine (C=N–C) groups is 1. The van der Waals surface area contributed by atoms with Gasteiger partial charge in [-0.05, 0) is 67.7 Å². The lowest BCUT2D eigenvalue weighted by atomic mass is 9.98.